The third kappa shape index (κ3) is 5.88. The predicted octanol–water partition coefficient (Wildman–Crippen LogP) is 1.36. The van der Waals surface area contributed by atoms with E-state index in [0.29, 0.717) is 6.54 Å². The highest BCUT2D eigenvalue weighted by atomic mass is 16.5. The van der Waals surface area contributed by atoms with Gasteiger partial charge >= 0.3 is 5.97 Å². The zero-order chi connectivity index (χ0) is 11.8. The Labute approximate surface area is 90.9 Å². The van der Waals surface area contributed by atoms with Crippen LogP contribution in [0, 0.1) is 0 Å². The SMILES string of the molecule is C=CC(=O)N(CCC)CC(=O)OC(C)C. The fourth-order valence-corrected chi connectivity index (χ4v) is 1.12. The molecule has 0 spiro atoms. The first kappa shape index (κ1) is 13.7. The van der Waals surface area contributed by atoms with E-state index in [1.807, 2.05) is 6.92 Å². The molecule has 0 N–H and O–H groups in total. The van der Waals surface area contributed by atoms with E-state index >= 15 is 0 Å². The zero-order valence-electron chi connectivity index (χ0n) is 9.66. The molecule has 0 bridgehead atoms. The second-order valence-electron chi connectivity index (χ2n) is 3.50. The van der Waals surface area contributed by atoms with Crippen LogP contribution in [0.1, 0.15) is 27.2 Å². The highest BCUT2D eigenvalue weighted by Crippen LogP contribution is 1.97. The number of hydrogen-bond donors (Lipinski definition) is 0. The van der Waals surface area contributed by atoms with Crippen LogP contribution in [-0.2, 0) is 14.3 Å². The summed E-state index contributed by atoms with van der Waals surface area (Å²) in [5.74, 6) is -0.619. The summed E-state index contributed by atoms with van der Waals surface area (Å²) in [4.78, 5) is 24.1. The molecule has 0 aliphatic carbocycles. The molecule has 4 nitrogen and oxygen atoms in total. The Bertz CT molecular complexity index is 236. The van der Waals surface area contributed by atoms with Crippen molar-refractivity contribution in [1.82, 2.24) is 4.90 Å². The van der Waals surface area contributed by atoms with Crippen LogP contribution in [0.25, 0.3) is 0 Å². The van der Waals surface area contributed by atoms with Crippen molar-refractivity contribution in [3.63, 3.8) is 0 Å². The molecule has 0 saturated carbocycles. The summed E-state index contributed by atoms with van der Waals surface area (Å²) in [5.41, 5.74) is 0. The quantitative estimate of drug-likeness (QED) is 0.494. The Morgan fingerprint density at radius 1 is 1.47 bits per heavy atom. The fraction of sp³-hybridized carbons (Fsp3) is 0.636. The van der Waals surface area contributed by atoms with E-state index in [2.05, 4.69) is 6.58 Å². The predicted molar refractivity (Wildman–Crippen MR) is 58.3 cm³/mol. The molecular weight excluding hydrogens is 194 g/mol. The Balaban J connectivity index is 4.21. The van der Waals surface area contributed by atoms with Crippen LogP contribution >= 0.6 is 0 Å². The third-order valence-corrected chi connectivity index (χ3v) is 1.67. The Hall–Kier alpha value is -1.32. The third-order valence-electron chi connectivity index (χ3n) is 1.67. The van der Waals surface area contributed by atoms with Gasteiger partial charge < -0.3 is 9.64 Å². The van der Waals surface area contributed by atoms with Gasteiger partial charge in [-0.25, -0.2) is 0 Å². The summed E-state index contributed by atoms with van der Waals surface area (Å²) < 4.78 is 4.95. The van der Waals surface area contributed by atoms with Crippen LogP contribution in [-0.4, -0.2) is 36.0 Å². The maximum Gasteiger partial charge on any atom is 0.325 e. The Morgan fingerprint density at radius 3 is 2.47 bits per heavy atom. The lowest BCUT2D eigenvalue weighted by atomic mass is 10.3. The van der Waals surface area contributed by atoms with Gasteiger partial charge in [-0.05, 0) is 26.3 Å². The molecule has 0 rings (SSSR count). The molecule has 1 amide bonds. The van der Waals surface area contributed by atoms with Gasteiger partial charge in [0.15, 0.2) is 0 Å². The van der Waals surface area contributed by atoms with Crippen LogP contribution in [0.2, 0.25) is 0 Å². The van der Waals surface area contributed by atoms with Gasteiger partial charge in [0.05, 0.1) is 6.10 Å². The van der Waals surface area contributed by atoms with Gasteiger partial charge in [-0.1, -0.05) is 13.5 Å². The van der Waals surface area contributed by atoms with Crippen molar-refractivity contribution < 1.29 is 14.3 Å². The minimum Gasteiger partial charge on any atom is -0.462 e. The molecular formula is C11H19NO3. The monoisotopic (exact) mass is 213 g/mol. The number of ether oxygens (including phenoxy) is 1. The van der Waals surface area contributed by atoms with E-state index in [1.54, 1.807) is 13.8 Å². The minimum atomic E-state index is -0.381. The topological polar surface area (TPSA) is 46.6 Å². The lowest BCUT2D eigenvalue weighted by molar-refractivity contribution is -0.151. The van der Waals surface area contributed by atoms with Crippen molar-refractivity contribution in [2.45, 2.75) is 33.3 Å². The average Bonchev–Trinajstić information content (AvgIpc) is 2.14. The van der Waals surface area contributed by atoms with E-state index in [4.69, 9.17) is 4.74 Å². The molecule has 0 saturated heterocycles. The average molecular weight is 213 g/mol. The van der Waals surface area contributed by atoms with Gasteiger partial charge in [-0.3, -0.25) is 9.59 Å². The van der Waals surface area contributed by atoms with Gasteiger partial charge in [0, 0.05) is 6.54 Å². The van der Waals surface area contributed by atoms with Crippen LogP contribution in [0.15, 0.2) is 12.7 Å². The maximum absolute atomic E-state index is 11.3. The summed E-state index contributed by atoms with van der Waals surface area (Å²) in [6.45, 7) is 9.42. The molecule has 0 aromatic rings. The first-order valence-corrected chi connectivity index (χ1v) is 5.12. The Kier molecular flexibility index (Phi) is 6.42. The number of nitrogens with zero attached hydrogens (tertiary/aromatic N) is 1. The molecule has 0 unspecified atom stereocenters. The van der Waals surface area contributed by atoms with Crippen molar-refractivity contribution in [1.29, 1.82) is 0 Å². The second-order valence-corrected chi connectivity index (χ2v) is 3.50. The summed E-state index contributed by atoms with van der Waals surface area (Å²) >= 11 is 0. The van der Waals surface area contributed by atoms with Crippen LogP contribution in [0.3, 0.4) is 0 Å². The minimum absolute atomic E-state index is 0.00310. The maximum atomic E-state index is 11.3. The second kappa shape index (κ2) is 7.04. The highest BCUT2D eigenvalue weighted by Gasteiger charge is 2.15. The lowest BCUT2D eigenvalue weighted by Gasteiger charge is -2.20. The number of esters is 1. The molecule has 0 radical (unpaired) electrons. The van der Waals surface area contributed by atoms with E-state index in [1.165, 1.54) is 11.0 Å². The Morgan fingerprint density at radius 2 is 2.07 bits per heavy atom. The highest BCUT2D eigenvalue weighted by molar-refractivity contribution is 5.89. The lowest BCUT2D eigenvalue weighted by Crippen LogP contribution is -2.36. The largest absolute Gasteiger partial charge is 0.462 e. The van der Waals surface area contributed by atoms with Crippen LogP contribution < -0.4 is 0 Å². The van der Waals surface area contributed by atoms with E-state index < -0.39 is 0 Å². The molecule has 4 heteroatoms. The van der Waals surface area contributed by atoms with Gasteiger partial charge in [0.1, 0.15) is 6.54 Å². The molecule has 0 aliphatic rings. The van der Waals surface area contributed by atoms with Crippen molar-refractivity contribution >= 4 is 11.9 Å². The van der Waals surface area contributed by atoms with Crippen molar-refractivity contribution in [3.8, 4) is 0 Å². The zero-order valence-corrected chi connectivity index (χ0v) is 9.66. The molecule has 86 valence electrons. The van der Waals surface area contributed by atoms with Crippen molar-refractivity contribution in [2.75, 3.05) is 13.1 Å². The molecule has 0 aliphatic heterocycles. The van der Waals surface area contributed by atoms with Crippen LogP contribution in [0.5, 0.6) is 0 Å². The van der Waals surface area contributed by atoms with Gasteiger partial charge in [0.25, 0.3) is 0 Å². The molecule has 0 aromatic carbocycles. The smallest absolute Gasteiger partial charge is 0.325 e. The number of carbonyl (C=O) groups excluding carboxylic acids is 2. The van der Waals surface area contributed by atoms with Crippen LogP contribution in [0.4, 0.5) is 0 Å². The molecule has 0 fully saturated rings. The van der Waals surface area contributed by atoms with Crippen molar-refractivity contribution in [2.24, 2.45) is 0 Å². The standard InChI is InChI=1S/C11H19NO3/c1-5-7-12(10(13)6-2)8-11(14)15-9(3)4/h6,9H,2,5,7-8H2,1,3-4H3. The van der Waals surface area contributed by atoms with E-state index in [0.717, 1.165) is 6.42 Å². The number of amides is 1. The number of carbonyl (C=O) groups is 2. The van der Waals surface area contributed by atoms with Gasteiger partial charge in [-0.15, -0.1) is 0 Å². The van der Waals surface area contributed by atoms with Gasteiger partial charge in [-0.2, -0.15) is 0 Å². The molecule has 15 heavy (non-hydrogen) atoms. The van der Waals surface area contributed by atoms with E-state index in [9.17, 15) is 9.59 Å². The normalized spacial score (nSPS) is 9.87. The first-order chi connectivity index (χ1) is 7.01. The van der Waals surface area contributed by atoms with E-state index in [-0.39, 0.29) is 24.5 Å². The van der Waals surface area contributed by atoms with Crippen molar-refractivity contribution in [3.05, 3.63) is 12.7 Å². The van der Waals surface area contributed by atoms with Gasteiger partial charge in [0.2, 0.25) is 5.91 Å². The first-order valence-electron chi connectivity index (χ1n) is 5.12. The fourth-order valence-electron chi connectivity index (χ4n) is 1.12. The summed E-state index contributed by atoms with van der Waals surface area (Å²) in [5, 5.41) is 0. The summed E-state index contributed by atoms with van der Waals surface area (Å²) in [6.07, 6.45) is 1.85. The summed E-state index contributed by atoms with van der Waals surface area (Å²) in [6, 6.07) is 0. The molecule has 0 aromatic heterocycles. The molecule has 0 atom stereocenters. The summed E-state index contributed by atoms with van der Waals surface area (Å²) in [7, 11) is 0. The molecule has 0 heterocycles. The number of rotatable bonds is 6. The number of hydrogen-bond acceptors (Lipinski definition) is 3.